The van der Waals surface area contributed by atoms with E-state index < -0.39 is 12.5 Å². The van der Waals surface area contributed by atoms with Crippen molar-refractivity contribution in [3.8, 4) is 11.1 Å². The van der Waals surface area contributed by atoms with Gasteiger partial charge < -0.3 is 10.0 Å². The molecule has 2 bridgehead atoms. The molecule has 2 aliphatic rings. The van der Waals surface area contributed by atoms with Gasteiger partial charge in [-0.25, -0.2) is 4.79 Å². The molecule has 38 heavy (non-hydrogen) atoms. The summed E-state index contributed by atoms with van der Waals surface area (Å²) < 4.78 is 11.1. The van der Waals surface area contributed by atoms with Gasteiger partial charge in [-0.05, 0) is 77.6 Å². The van der Waals surface area contributed by atoms with Crippen LogP contribution in [0.25, 0.3) is 28.1 Å². The zero-order chi connectivity index (χ0) is 27.1. The molecule has 7 heteroatoms. The van der Waals surface area contributed by atoms with Crippen molar-refractivity contribution in [2.75, 3.05) is 4.90 Å². The Balaban J connectivity index is 1.32. The van der Waals surface area contributed by atoms with E-state index >= 15 is 0 Å². The highest BCUT2D eigenvalue weighted by atomic mass is 16.4. The average molecular weight is 508 g/mol. The first-order valence-electron chi connectivity index (χ1n) is 13.6. The molecule has 4 atom stereocenters. The lowest BCUT2D eigenvalue weighted by atomic mass is 9.87. The average Bonchev–Trinajstić information content (AvgIpc) is 3.68. The number of carbonyl (C=O) groups is 2. The molecule has 4 aromatic rings. The Morgan fingerprint density at radius 3 is 2.63 bits per heavy atom. The summed E-state index contributed by atoms with van der Waals surface area (Å²) in [4.78, 5) is 30.8. The summed E-state index contributed by atoms with van der Waals surface area (Å²) in [5, 5.41) is 14.4. The molecule has 1 N–H and O–H groups in total. The minimum Gasteiger partial charge on any atom is -0.478 e. The highest BCUT2D eigenvalue weighted by Crippen LogP contribution is 2.49. The van der Waals surface area contributed by atoms with E-state index in [-0.39, 0.29) is 11.8 Å². The Labute approximate surface area is 222 Å². The molecule has 7 nitrogen and oxygen atoms in total. The number of aromatic nitrogens is 3. The summed E-state index contributed by atoms with van der Waals surface area (Å²) >= 11 is 0. The van der Waals surface area contributed by atoms with Gasteiger partial charge in [-0.3, -0.25) is 14.5 Å². The predicted molar refractivity (Wildman–Crippen MR) is 147 cm³/mol. The third-order valence-corrected chi connectivity index (χ3v) is 8.00. The van der Waals surface area contributed by atoms with Gasteiger partial charge in [0, 0.05) is 30.6 Å². The number of fused-ring (bicyclic) bond motifs is 3. The van der Waals surface area contributed by atoms with Crippen LogP contribution >= 0.6 is 0 Å². The third-order valence-electron chi connectivity index (χ3n) is 8.00. The molecule has 0 spiro atoms. The van der Waals surface area contributed by atoms with E-state index in [0.717, 1.165) is 47.4 Å². The number of hydrogen-bond acceptors (Lipinski definition) is 4. The topological polar surface area (TPSA) is 88.3 Å². The van der Waals surface area contributed by atoms with Gasteiger partial charge in [0.15, 0.2) is 0 Å². The second-order valence-corrected chi connectivity index (χ2v) is 10.4. The maximum absolute atomic E-state index is 14.0. The highest BCUT2D eigenvalue weighted by Gasteiger charge is 2.44. The van der Waals surface area contributed by atoms with Crippen LogP contribution in [-0.4, -0.2) is 31.7 Å². The molecule has 0 aliphatic heterocycles. The molecule has 2 aliphatic carbocycles. The Hall–Kier alpha value is -4.26. The smallest absolute Gasteiger partial charge is 0.328 e. The largest absolute Gasteiger partial charge is 0.478 e. The number of nitrogens with zero attached hydrogens (tertiary/aromatic N) is 4. The summed E-state index contributed by atoms with van der Waals surface area (Å²) in [6.07, 6.45) is 11.7. The lowest BCUT2D eigenvalue weighted by Crippen LogP contribution is -2.38. The number of amides is 1. The Kier molecular flexibility index (Phi) is 5.96. The fourth-order valence-corrected chi connectivity index (χ4v) is 6.08. The van der Waals surface area contributed by atoms with Crippen LogP contribution in [0.3, 0.4) is 0 Å². The lowest BCUT2D eigenvalue weighted by molar-refractivity contribution is -0.131. The maximum Gasteiger partial charge on any atom is 0.328 e. The first-order valence-corrected chi connectivity index (χ1v) is 13.0. The number of pyridine rings is 1. The number of hydrogen-bond donors (Lipinski definition) is 1. The van der Waals surface area contributed by atoms with Gasteiger partial charge in [0.25, 0.3) is 0 Å². The molecular formula is C31H30N4O3. The molecule has 2 aromatic heterocycles. The minimum atomic E-state index is -1.06. The van der Waals surface area contributed by atoms with Crippen molar-refractivity contribution in [3.05, 3.63) is 84.3 Å². The number of carboxylic acids is 1. The monoisotopic (exact) mass is 507 g/mol. The maximum atomic E-state index is 14.0. The van der Waals surface area contributed by atoms with Crippen molar-refractivity contribution >= 4 is 34.5 Å². The molecule has 6 rings (SSSR count). The van der Waals surface area contributed by atoms with Gasteiger partial charge in [-0.2, -0.15) is 5.10 Å². The summed E-state index contributed by atoms with van der Waals surface area (Å²) in [5.41, 5.74) is 4.90. The quantitative estimate of drug-likeness (QED) is 0.324. The Morgan fingerprint density at radius 2 is 1.89 bits per heavy atom. The minimum absolute atomic E-state index is 0.0468. The van der Waals surface area contributed by atoms with Crippen molar-refractivity contribution in [2.45, 2.75) is 32.2 Å². The molecule has 1 unspecified atom stereocenters. The van der Waals surface area contributed by atoms with Crippen LogP contribution in [0.1, 0.15) is 38.2 Å². The fourth-order valence-electron chi connectivity index (χ4n) is 6.08. The van der Waals surface area contributed by atoms with Crippen molar-refractivity contribution in [1.82, 2.24) is 14.8 Å². The number of anilines is 1. The van der Waals surface area contributed by atoms with E-state index in [2.05, 4.69) is 22.2 Å². The van der Waals surface area contributed by atoms with E-state index in [1.165, 1.54) is 12.5 Å². The number of rotatable bonds is 7. The highest BCUT2D eigenvalue weighted by molar-refractivity contribution is 5.96. The molecule has 2 heterocycles. The second-order valence-electron chi connectivity index (χ2n) is 10.4. The number of benzene rings is 2. The summed E-state index contributed by atoms with van der Waals surface area (Å²) in [5.74, 6) is -0.245. The third kappa shape index (κ3) is 4.72. The Bertz CT molecular complexity index is 1580. The second kappa shape index (κ2) is 9.89. The molecule has 2 saturated carbocycles. The molecule has 192 valence electrons. The van der Waals surface area contributed by atoms with Gasteiger partial charge in [0.1, 0.15) is 0 Å². The van der Waals surface area contributed by atoms with Gasteiger partial charge in [-0.1, -0.05) is 36.8 Å². The van der Waals surface area contributed by atoms with Crippen LogP contribution in [0.5, 0.6) is 0 Å². The van der Waals surface area contributed by atoms with E-state index in [4.69, 9.17) is 5.11 Å². The van der Waals surface area contributed by atoms with Gasteiger partial charge in [0.05, 0.1) is 31.5 Å². The number of aliphatic carboxylic acids is 1. The zero-order valence-corrected chi connectivity index (χ0v) is 21.2. The first kappa shape index (κ1) is 22.9. The van der Waals surface area contributed by atoms with E-state index in [0.29, 0.717) is 28.7 Å². The van der Waals surface area contributed by atoms with Crippen LogP contribution in [0, 0.1) is 17.8 Å². The molecule has 2 fully saturated rings. The van der Waals surface area contributed by atoms with Crippen molar-refractivity contribution in [3.63, 3.8) is 0 Å². The van der Waals surface area contributed by atoms with Gasteiger partial charge in [0.2, 0.25) is 5.91 Å². The molecular weight excluding hydrogens is 476 g/mol. The zero-order valence-electron chi connectivity index (χ0n) is 22.2. The normalized spacial score (nSPS) is 21.6. The molecule has 0 radical (unpaired) electrons. The van der Waals surface area contributed by atoms with E-state index in [9.17, 15) is 11.0 Å². The van der Waals surface area contributed by atoms with Crippen LogP contribution in [0.2, 0.25) is 0 Å². The summed E-state index contributed by atoms with van der Waals surface area (Å²) in [6.45, 7) is -0.966. The summed E-state index contributed by atoms with van der Waals surface area (Å²) in [7, 11) is 1.92. The predicted octanol–water partition coefficient (Wildman–Crippen LogP) is 5.70. The molecule has 2 aromatic carbocycles. The Morgan fingerprint density at radius 1 is 1.08 bits per heavy atom. The number of carbonyl (C=O) groups excluding carboxylic acids is 1. The van der Waals surface area contributed by atoms with Crippen LogP contribution < -0.4 is 4.90 Å². The first-order chi connectivity index (χ1) is 18.9. The van der Waals surface area contributed by atoms with E-state index in [1.54, 1.807) is 23.4 Å². The lowest BCUT2D eigenvalue weighted by Gasteiger charge is -2.30. The SMILES string of the molecule is [2H]C(c1ccc(-c2ccc3c(cnn3C)c2)cc1)N(C(=O)[C@@H]1C[C@@H]2CC[C@H]1C2)c1cncc(/C=C/C(=O)O)c1. The van der Waals surface area contributed by atoms with Crippen LogP contribution in [-0.2, 0) is 23.2 Å². The number of aryl methyl sites for hydroxylation is 1. The standard InChI is InChI=1S/C31H30N4O3/c1-34-29-10-9-24(15-26(29)17-33-34)23-6-2-20(3-7-23)19-35(31(38)28-14-21-4-8-25(28)12-21)27-13-22(16-32-18-27)5-11-30(36)37/h2-3,5-7,9-11,13,15-18,21,25,28H,4,8,12,14,19H2,1H3,(H,36,37)/b11-5+/t21-,25+,28-/m1/s1/i19D/t19?,21-,25+,28-. The van der Waals surface area contributed by atoms with Crippen molar-refractivity contribution < 1.29 is 16.1 Å². The number of carboxylic acid groups (broad SMARTS) is 1. The van der Waals surface area contributed by atoms with Crippen LogP contribution in [0.4, 0.5) is 5.69 Å². The fraction of sp³-hybridized carbons (Fsp3) is 0.290. The van der Waals surface area contributed by atoms with Gasteiger partial charge in [-0.15, -0.1) is 0 Å². The van der Waals surface area contributed by atoms with Crippen molar-refractivity contribution in [2.24, 2.45) is 24.8 Å². The van der Waals surface area contributed by atoms with Crippen LogP contribution in [0.15, 0.2) is 73.2 Å². The van der Waals surface area contributed by atoms with E-state index in [1.807, 2.05) is 48.3 Å². The summed E-state index contributed by atoms with van der Waals surface area (Å²) in [6, 6.07) is 15.7. The van der Waals surface area contributed by atoms with Crippen molar-refractivity contribution in [1.29, 1.82) is 0 Å². The molecule has 0 saturated heterocycles. The molecule has 1 amide bonds. The van der Waals surface area contributed by atoms with Gasteiger partial charge >= 0.3 is 5.97 Å².